The Labute approximate surface area is 154 Å². The molecule has 0 unspecified atom stereocenters. The second kappa shape index (κ2) is 11.5. The number of imide groups is 1. The first-order chi connectivity index (χ1) is 12.4. The fraction of sp³-hybridized carbons (Fsp3) is 0.765. The molecule has 0 bridgehead atoms. The summed E-state index contributed by atoms with van der Waals surface area (Å²) in [5.41, 5.74) is 0. The number of hydrogen-bond donors (Lipinski definition) is 3. The molecule has 9 nitrogen and oxygen atoms in total. The summed E-state index contributed by atoms with van der Waals surface area (Å²) in [6.45, 7) is 4.49. The lowest BCUT2D eigenvalue weighted by molar-refractivity contribution is -0.158. The van der Waals surface area contributed by atoms with E-state index in [1.165, 1.54) is 4.90 Å². The molecule has 9 heteroatoms. The van der Waals surface area contributed by atoms with Gasteiger partial charge < -0.3 is 10.2 Å². The van der Waals surface area contributed by atoms with Gasteiger partial charge in [0.2, 0.25) is 12.3 Å². The normalized spacial score (nSPS) is 17.5. The van der Waals surface area contributed by atoms with Crippen molar-refractivity contribution in [1.29, 1.82) is 0 Å². The number of nitrogens with one attached hydrogen (secondary N) is 2. The Morgan fingerprint density at radius 2 is 2.04 bits per heavy atom. The summed E-state index contributed by atoms with van der Waals surface area (Å²) >= 11 is 0. The van der Waals surface area contributed by atoms with Crippen LogP contribution in [0, 0.1) is 5.92 Å². The van der Waals surface area contributed by atoms with E-state index in [0.29, 0.717) is 37.4 Å². The molecule has 1 aliphatic rings. The van der Waals surface area contributed by atoms with Crippen LogP contribution in [0.25, 0.3) is 0 Å². The molecule has 2 atom stereocenters. The fourth-order valence-corrected chi connectivity index (χ4v) is 3.14. The number of nitrogens with zero attached hydrogens (tertiary/aromatic N) is 2. The molecule has 0 aromatic heterocycles. The third kappa shape index (κ3) is 6.62. The second-order valence-electron chi connectivity index (χ2n) is 6.46. The number of hydroxylamine groups is 2. The molecule has 0 spiro atoms. The summed E-state index contributed by atoms with van der Waals surface area (Å²) in [4.78, 5) is 49.0. The van der Waals surface area contributed by atoms with Gasteiger partial charge in [0.1, 0.15) is 6.04 Å². The number of rotatable bonds is 10. The number of likely N-dealkylation sites (tertiary alicyclic amines) is 1. The van der Waals surface area contributed by atoms with Crippen molar-refractivity contribution < 1.29 is 24.4 Å². The first kappa shape index (κ1) is 21.9. The Hall–Kier alpha value is -2.16. The molecule has 148 valence electrons. The van der Waals surface area contributed by atoms with E-state index in [0.717, 1.165) is 19.3 Å². The van der Waals surface area contributed by atoms with E-state index in [-0.39, 0.29) is 18.9 Å². The molecule has 0 aromatic rings. The van der Waals surface area contributed by atoms with Crippen LogP contribution in [-0.2, 0) is 14.4 Å². The summed E-state index contributed by atoms with van der Waals surface area (Å²) in [6.07, 6.45) is 4.66. The maximum atomic E-state index is 12.9. The average molecular weight is 370 g/mol. The van der Waals surface area contributed by atoms with Crippen LogP contribution in [0.15, 0.2) is 0 Å². The summed E-state index contributed by atoms with van der Waals surface area (Å²) in [6, 6.07) is -1.29. The van der Waals surface area contributed by atoms with Crippen LogP contribution in [0.2, 0.25) is 0 Å². The Balaban J connectivity index is 2.78. The molecule has 0 aromatic carbocycles. The van der Waals surface area contributed by atoms with Gasteiger partial charge in [-0.1, -0.05) is 26.2 Å². The molecule has 1 fully saturated rings. The molecule has 5 amide bonds. The highest BCUT2D eigenvalue weighted by Crippen LogP contribution is 2.23. The third-order valence-electron chi connectivity index (χ3n) is 4.45. The third-order valence-corrected chi connectivity index (χ3v) is 4.45. The Kier molecular flexibility index (Phi) is 9.64. The Morgan fingerprint density at radius 1 is 1.31 bits per heavy atom. The molecular formula is C17H30N4O5. The van der Waals surface area contributed by atoms with Crippen molar-refractivity contribution in [2.75, 3.05) is 19.6 Å². The van der Waals surface area contributed by atoms with E-state index in [1.54, 1.807) is 6.92 Å². The molecule has 0 radical (unpaired) electrons. The van der Waals surface area contributed by atoms with Crippen LogP contribution in [0.1, 0.15) is 52.4 Å². The van der Waals surface area contributed by atoms with Gasteiger partial charge in [0.25, 0.3) is 5.91 Å². The van der Waals surface area contributed by atoms with Crippen LogP contribution in [0.3, 0.4) is 0 Å². The van der Waals surface area contributed by atoms with E-state index in [4.69, 9.17) is 0 Å². The highest BCUT2D eigenvalue weighted by Gasteiger charge is 2.37. The van der Waals surface area contributed by atoms with Crippen molar-refractivity contribution in [1.82, 2.24) is 20.6 Å². The predicted octanol–water partition coefficient (Wildman–Crippen LogP) is 0.867. The van der Waals surface area contributed by atoms with E-state index in [1.807, 2.05) is 6.92 Å². The Bertz CT molecular complexity index is 500. The first-order valence-electron chi connectivity index (χ1n) is 9.24. The number of hydrogen-bond acceptors (Lipinski definition) is 5. The predicted molar refractivity (Wildman–Crippen MR) is 94.1 cm³/mol. The summed E-state index contributed by atoms with van der Waals surface area (Å²) in [5.74, 6) is -1.35. The smallest absolute Gasteiger partial charge is 0.321 e. The molecule has 1 heterocycles. The maximum absolute atomic E-state index is 12.9. The van der Waals surface area contributed by atoms with E-state index in [2.05, 4.69) is 10.6 Å². The van der Waals surface area contributed by atoms with E-state index < -0.39 is 23.9 Å². The molecule has 1 rings (SSSR count). The number of unbranched alkanes of at least 4 members (excludes halogenated alkanes) is 2. The lowest BCUT2D eigenvalue weighted by atomic mass is 9.99. The van der Waals surface area contributed by atoms with Crippen molar-refractivity contribution in [3.8, 4) is 0 Å². The minimum atomic E-state index is -0.706. The van der Waals surface area contributed by atoms with Crippen LogP contribution < -0.4 is 10.6 Å². The van der Waals surface area contributed by atoms with E-state index in [9.17, 15) is 24.4 Å². The molecule has 0 saturated carbocycles. The molecule has 3 N–H and O–H groups in total. The number of amides is 5. The molecule has 1 saturated heterocycles. The largest absolute Gasteiger partial charge is 0.338 e. The summed E-state index contributed by atoms with van der Waals surface area (Å²) < 4.78 is 0. The van der Waals surface area contributed by atoms with Crippen molar-refractivity contribution in [2.45, 2.75) is 58.4 Å². The monoisotopic (exact) mass is 370 g/mol. The first-order valence-corrected chi connectivity index (χ1v) is 9.24. The van der Waals surface area contributed by atoms with Gasteiger partial charge in [-0.15, -0.1) is 0 Å². The Morgan fingerprint density at radius 3 is 2.65 bits per heavy atom. The van der Waals surface area contributed by atoms with Gasteiger partial charge in [0.15, 0.2) is 0 Å². The zero-order valence-corrected chi connectivity index (χ0v) is 15.6. The standard InChI is InChI=1S/C17H30N4O5/c1-3-5-6-8-13(11-20(26)12-22)16(24)21-10-7-9-14(21)15(23)19-17(25)18-4-2/h12-14,26H,3-11H2,1-2H3,(H2,18,19,23,25)/t13-,14+/m1/s1. The number of urea groups is 1. The minimum Gasteiger partial charge on any atom is -0.338 e. The second-order valence-corrected chi connectivity index (χ2v) is 6.46. The average Bonchev–Trinajstić information content (AvgIpc) is 3.10. The fourth-order valence-electron chi connectivity index (χ4n) is 3.14. The minimum absolute atomic E-state index is 0.104. The zero-order valence-electron chi connectivity index (χ0n) is 15.6. The van der Waals surface area contributed by atoms with Gasteiger partial charge >= 0.3 is 6.03 Å². The molecular weight excluding hydrogens is 340 g/mol. The number of carbonyl (C=O) groups excluding carboxylic acids is 4. The van der Waals surface area contributed by atoms with E-state index >= 15 is 0 Å². The van der Waals surface area contributed by atoms with Crippen LogP contribution >= 0.6 is 0 Å². The molecule has 0 aliphatic carbocycles. The summed E-state index contributed by atoms with van der Waals surface area (Å²) in [7, 11) is 0. The molecule has 26 heavy (non-hydrogen) atoms. The highest BCUT2D eigenvalue weighted by molar-refractivity contribution is 5.99. The highest BCUT2D eigenvalue weighted by atomic mass is 16.5. The van der Waals surface area contributed by atoms with Crippen LogP contribution in [0.5, 0.6) is 0 Å². The van der Waals surface area contributed by atoms with Crippen molar-refractivity contribution in [2.24, 2.45) is 5.92 Å². The quantitative estimate of drug-likeness (QED) is 0.228. The number of carbonyl (C=O) groups is 4. The van der Waals surface area contributed by atoms with Crippen molar-refractivity contribution in [3.63, 3.8) is 0 Å². The van der Waals surface area contributed by atoms with Gasteiger partial charge in [-0.2, -0.15) is 0 Å². The maximum Gasteiger partial charge on any atom is 0.321 e. The SMILES string of the molecule is CCCCC[C@H](CN(O)C=O)C(=O)N1CCC[C@H]1C(=O)NC(=O)NCC. The van der Waals surface area contributed by atoms with Crippen molar-refractivity contribution >= 4 is 24.3 Å². The molecule has 1 aliphatic heterocycles. The van der Waals surface area contributed by atoms with Crippen molar-refractivity contribution in [3.05, 3.63) is 0 Å². The van der Waals surface area contributed by atoms with Crippen LogP contribution in [0.4, 0.5) is 4.79 Å². The van der Waals surface area contributed by atoms with Gasteiger partial charge in [0.05, 0.1) is 12.5 Å². The van der Waals surface area contributed by atoms with Gasteiger partial charge in [-0.3, -0.25) is 24.9 Å². The summed E-state index contributed by atoms with van der Waals surface area (Å²) in [5, 5.41) is 14.7. The zero-order chi connectivity index (χ0) is 19.5. The van der Waals surface area contributed by atoms with Crippen LogP contribution in [-0.4, -0.2) is 65.1 Å². The lowest BCUT2D eigenvalue weighted by Gasteiger charge is -2.29. The van der Waals surface area contributed by atoms with Gasteiger partial charge in [-0.05, 0) is 26.2 Å². The van der Waals surface area contributed by atoms with Gasteiger partial charge in [0, 0.05) is 13.1 Å². The van der Waals surface area contributed by atoms with Gasteiger partial charge in [-0.25, -0.2) is 9.86 Å². The topological polar surface area (TPSA) is 119 Å². The lowest BCUT2D eigenvalue weighted by Crippen LogP contribution is -2.52.